The van der Waals surface area contributed by atoms with Crippen molar-refractivity contribution in [3.05, 3.63) is 54.4 Å². The molecule has 134 valence electrons. The van der Waals surface area contributed by atoms with E-state index in [0.29, 0.717) is 31.6 Å². The number of nitrogens with zero attached hydrogens (tertiary/aromatic N) is 3. The first-order valence-corrected chi connectivity index (χ1v) is 8.33. The highest BCUT2D eigenvalue weighted by Gasteiger charge is 2.49. The number of aliphatic carboxylic acids is 1. The zero-order chi connectivity index (χ0) is 17.9. The molecule has 2 N–H and O–H groups in total. The number of carboxylic acid groups (broad SMARTS) is 1. The van der Waals surface area contributed by atoms with Crippen molar-refractivity contribution in [2.24, 2.45) is 5.41 Å². The van der Waals surface area contributed by atoms with Gasteiger partial charge in [0.1, 0.15) is 11.2 Å². The number of rotatable bonds is 6. The van der Waals surface area contributed by atoms with Crippen LogP contribution in [0.3, 0.4) is 0 Å². The number of hydrogen-bond acceptors (Lipinski definition) is 4. The Morgan fingerprint density at radius 3 is 2.92 bits per heavy atom. The molecule has 1 aliphatic heterocycles. The number of halogens is 1. The molecule has 2 aromatic rings. The minimum Gasteiger partial charge on any atom is -0.481 e. The van der Waals surface area contributed by atoms with Crippen LogP contribution in [0.4, 0.5) is 4.39 Å². The summed E-state index contributed by atoms with van der Waals surface area (Å²) in [5.41, 5.74) is -0.751. The van der Waals surface area contributed by atoms with Gasteiger partial charge < -0.3 is 19.7 Å². The molecule has 1 fully saturated rings. The fourth-order valence-corrected chi connectivity index (χ4v) is 3.50. The molecule has 0 aliphatic carbocycles. The molecule has 0 bridgehead atoms. The fraction of sp³-hybridized carbons (Fsp3) is 0.444. The van der Waals surface area contributed by atoms with Gasteiger partial charge in [-0.25, -0.2) is 9.37 Å². The quantitative estimate of drug-likeness (QED) is 0.826. The molecular weight excluding hydrogens is 325 g/mol. The van der Waals surface area contributed by atoms with Gasteiger partial charge in [-0.3, -0.25) is 4.79 Å². The van der Waals surface area contributed by atoms with Crippen LogP contribution in [0.15, 0.2) is 43.0 Å². The Labute approximate surface area is 145 Å². The number of piperidine rings is 1. The molecular formula is C18H22FN3O3. The molecule has 7 heteroatoms. The summed E-state index contributed by atoms with van der Waals surface area (Å²) in [5.74, 6) is -1.45. The summed E-state index contributed by atoms with van der Waals surface area (Å²) in [5, 5.41) is 20.3. The van der Waals surface area contributed by atoms with Crippen molar-refractivity contribution in [2.75, 3.05) is 19.6 Å². The second kappa shape index (κ2) is 7.33. The largest absolute Gasteiger partial charge is 0.481 e. The van der Waals surface area contributed by atoms with Gasteiger partial charge in [0, 0.05) is 38.6 Å². The standard InChI is InChI=1S/C18H22FN3O3/c19-15-3-1-2-14(10-15)11-18(17(24)25)12-21(6-4-16(18)23)8-9-22-7-5-20-13-22/h1-3,5,7,10,13,16,23H,4,6,8-9,11-12H2,(H,24,25)/t16-,18-/m1/s1. The van der Waals surface area contributed by atoms with Gasteiger partial charge >= 0.3 is 5.97 Å². The zero-order valence-electron chi connectivity index (χ0n) is 13.9. The first-order valence-electron chi connectivity index (χ1n) is 8.33. The number of aliphatic hydroxyl groups excluding tert-OH is 1. The highest BCUT2D eigenvalue weighted by Crippen LogP contribution is 2.34. The summed E-state index contributed by atoms with van der Waals surface area (Å²) in [6.45, 7) is 2.23. The number of carboxylic acids is 1. The lowest BCUT2D eigenvalue weighted by molar-refractivity contribution is -0.163. The van der Waals surface area contributed by atoms with Gasteiger partial charge in [-0.05, 0) is 30.5 Å². The van der Waals surface area contributed by atoms with Crippen molar-refractivity contribution in [2.45, 2.75) is 25.5 Å². The average molecular weight is 347 g/mol. The van der Waals surface area contributed by atoms with Crippen molar-refractivity contribution in [1.29, 1.82) is 0 Å². The summed E-state index contributed by atoms with van der Waals surface area (Å²) >= 11 is 0. The maximum Gasteiger partial charge on any atom is 0.313 e. The highest BCUT2D eigenvalue weighted by atomic mass is 19.1. The molecule has 25 heavy (non-hydrogen) atoms. The third-order valence-corrected chi connectivity index (χ3v) is 4.93. The van der Waals surface area contributed by atoms with Crippen molar-refractivity contribution < 1.29 is 19.4 Å². The number of likely N-dealkylation sites (tertiary alicyclic amines) is 1. The molecule has 3 rings (SSSR count). The monoisotopic (exact) mass is 347 g/mol. The van der Waals surface area contributed by atoms with Crippen LogP contribution in [0.5, 0.6) is 0 Å². The van der Waals surface area contributed by atoms with E-state index in [0.717, 1.165) is 0 Å². The number of benzene rings is 1. The molecule has 0 saturated carbocycles. The van der Waals surface area contributed by atoms with Crippen LogP contribution in [-0.2, 0) is 17.8 Å². The van der Waals surface area contributed by atoms with E-state index in [1.165, 1.54) is 12.1 Å². The molecule has 0 amide bonds. The van der Waals surface area contributed by atoms with E-state index in [1.807, 2.05) is 15.7 Å². The second-order valence-corrected chi connectivity index (χ2v) is 6.65. The molecule has 0 spiro atoms. The lowest BCUT2D eigenvalue weighted by Crippen LogP contribution is -2.57. The average Bonchev–Trinajstić information content (AvgIpc) is 3.09. The number of hydrogen-bond donors (Lipinski definition) is 2. The molecule has 2 atom stereocenters. The SMILES string of the molecule is O=C(O)[C@]1(Cc2cccc(F)c2)CN(CCn2ccnc2)CC[C@H]1O. The van der Waals surface area contributed by atoms with Crippen LogP contribution in [0.1, 0.15) is 12.0 Å². The van der Waals surface area contributed by atoms with Gasteiger partial charge in [0.05, 0.1) is 12.4 Å². The van der Waals surface area contributed by atoms with Gasteiger partial charge in [-0.1, -0.05) is 12.1 Å². The number of imidazole rings is 1. The fourth-order valence-electron chi connectivity index (χ4n) is 3.50. The van der Waals surface area contributed by atoms with Crippen molar-refractivity contribution in [1.82, 2.24) is 14.5 Å². The van der Waals surface area contributed by atoms with Crippen LogP contribution in [0, 0.1) is 11.2 Å². The van der Waals surface area contributed by atoms with Crippen molar-refractivity contribution in [3.8, 4) is 0 Å². The maximum atomic E-state index is 13.5. The van der Waals surface area contributed by atoms with Crippen molar-refractivity contribution in [3.63, 3.8) is 0 Å². The van der Waals surface area contributed by atoms with Crippen LogP contribution in [0.25, 0.3) is 0 Å². The lowest BCUT2D eigenvalue weighted by atomic mass is 9.73. The molecule has 0 unspecified atom stereocenters. The molecule has 2 heterocycles. The van der Waals surface area contributed by atoms with E-state index in [4.69, 9.17) is 0 Å². The Hall–Kier alpha value is -2.25. The van der Waals surface area contributed by atoms with Gasteiger partial charge in [0.15, 0.2) is 0 Å². The van der Waals surface area contributed by atoms with E-state index >= 15 is 0 Å². The molecule has 0 radical (unpaired) electrons. The van der Waals surface area contributed by atoms with Gasteiger partial charge in [0.25, 0.3) is 0 Å². The van der Waals surface area contributed by atoms with Gasteiger partial charge in [-0.15, -0.1) is 0 Å². The maximum absolute atomic E-state index is 13.5. The predicted molar refractivity (Wildman–Crippen MR) is 89.5 cm³/mol. The van der Waals surface area contributed by atoms with Crippen LogP contribution < -0.4 is 0 Å². The summed E-state index contributed by atoms with van der Waals surface area (Å²) in [6, 6.07) is 5.92. The molecule has 1 aromatic carbocycles. The van der Waals surface area contributed by atoms with Crippen LogP contribution >= 0.6 is 0 Å². The van der Waals surface area contributed by atoms with Gasteiger partial charge in [0.2, 0.25) is 0 Å². The normalized spacial score (nSPS) is 24.3. The Balaban J connectivity index is 1.76. The Kier molecular flexibility index (Phi) is 5.15. The zero-order valence-corrected chi connectivity index (χ0v) is 13.9. The second-order valence-electron chi connectivity index (χ2n) is 6.65. The van der Waals surface area contributed by atoms with Crippen molar-refractivity contribution >= 4 is 5.97 Å². The lowest BCUT2D eigenvalue weighted by Gasteiger charge is -2.43. The first-order chi connectivity index (χ1) is 12.0. The summed E-state index contributed by atoms with van der Waals surface area (Å²) < 4.78 is 15.4. The smallest absolute Gasteiger partial charge is 0.313 e. The van der Waals surface area contributed by atoms with E-state index in [-0.39, 0.29) is 13.0 Å². The number of carbonyl (C=O) groups is 1. The summed E-state index contributed by atoms with van der Waals surface area (Å²) in [6.07, 6.45) is 4.80. The number of aromatic nitrogens is 2. The minimum atomic E-state index is -1.33. The molecule has 1 saturated heterocycles. The third kappa shape index (κ3) is 3.88. The van der Waals surface area contributed by atoms with E-state index < -0.39 is 23.3 Å². The Morgan fingerprint density at radius 2 is 2.24 bits per heavy atom. The summed E-state index contributed by atoms with van der Waals surface area (Å²) in [4.78, 5) is 18.1. The topological polar surface area (TPSA) is 78.6 Å². The number of aliphatic hydroxyl groups is 1. The predicted octanol–water partition coefficient (Wildman–Crippen LogP) is 1.40. The molecule has 1 aliphatic rings. The molecule has 6 nitrogen and oxygen atoms in total. The van der Waals surface area contributed by atoms with E-state index in [9.17, 15) is 19.4 Å². The third-order valence-electron chi connectivity index (χ3n) is 4.93. The van der Waals surface area contributed by atoms with Gasteiger partial charge in [-0.2, -0.15) is 0 Å². The van der Waals surface area contributed by atoms with Crippen LogP contribution in [0.2, 0.25) is 0 Å². The minimum absolute atomic E-state index is 0.100. The highest BCUT2D eigenvalue weighted by molar-refractivity contribution is 5.76. The summed E-state index contributed by atoms with van der Waals surface area (Å²) in [7, 11) is 0. The van der Waals surface area contributed by atoms with E-state index in [1.54, 1.807) is 24.7 Å². The van der Waals surface area contributed by atoms with E-state index in [2.05, 4.69) is 4.98 Å². The first kappa shape index (κ1) is 17.6. The Morgan fingerprint density at radius 1 is 1.40 bits per heavy atom. The van der Waals surface area contributed by atoms with Crippen LogP contribution in [-0.4, -0.2) is 56.4 Å². The molecule has 1 aromatic heterocycles. The Bertz CT molecular complexity index is 722.